The van der Waals surface area contributed by atoms with Crippen molar-refractivity contribution in [1.82, 2.24) is 5.32 Å². The first-order valence-electron chi connectivity index (χ1n) is 17.3. The van der Waals surface area contributed by atoms with Crippen molar-refractivity contribution in [2.75, 3.05) is 13.6 Å². The van der Waals surface area contributed by atoms with Crippen LogP contribution in [0.1, 0.15) is 41.7 Å². The molecule has 0 spiro atoms. The van der Waals surface area contributed by atoms with Crippen LogP contribution in [0.15, 0.2) is 188 Å². The molecule has 248 valence electrons. The zero-order valence-electron chi connectivity index (χ0n) is 29.3. The lowest BCUT2D eigenvalue weighted by Crippen LogP contribution is -2.03. The number of hydrogen-bond donors (Lipinski definition) is 2. The van der Waals surface area contributed by atoms with Crippen LogP contribution in [0.4, 0.5) is 0 Å². The third kappa shape index (κ3) is 9.15. The van der Waals surface area contributed by atoms with Crippen LogP contribution in [0.25, 0.3) is 39.1 Å². The Kier molecular flexibility index (Phi) is 13.1. The van der Waals surface area contributed by atoms with E-state index in [4.69, 9.17) is 5.73 Å². The van der Waals surface area contributed by atoms with Crippen molar-refractivity contribution in [2.45, 2.75) is 20.3 Å². The Hall–Kier alpha value is -5.92. The summed E-state index contributed by atoms with van der Waals surface area (Å²) in [7, 11) is 1.93. The molecular weight excluding hydrogens is 605 g/mol. The average molecular weight is 651 g/mol. The van der Waals surface area contributed by atoms with Gasteiger partial charge in [0.25, 0.3) is 0 Å². The highest BCUT2D eigenvalue weighted by atomic mass is 14.8. The highest BCUT2D eigenvalue weighted by Gasteiger charge is 2.20. The molecule has 50 heavy (non-hydrogen) atoms. The summed E-state index contributed by atoms with van der Waals surface area (Å²) in [6.45, 7) is 4.68. The van der Waals surface area contributed by atoms with E-state index in [1.54, 1.807) is 0 Å². The van der Waals surface area contributed by atoms with Crippen molar-refractivity contribution < 1.29 is 0 Å². The van der Waals surface area contributed by atoms with E-state index >= 15 is 0 Å². The van der Waals surface area contributed by atoms with Crippen molar-refractivity contribution in [3.63, 3.8) is 0 Å². The Labute approximate surface area is 298 Å². The van der Waals surface area contributed by atoms with Crippen LogP contribution in [0.3, 0.4) is 0 Å². The minimum Gasteiger partial charge on any atom is -0.388 e. The number of hydrogen-bond acceptors (Lipinski definition) is 2. The second kappa shape index (κ2) is 18.6. The minimum atomic E-state index is 0.750. The van der Waals surface area contributed by atoms with Gasteiger partial charge in [-0.25, -0.2) is 0 Å². The Morgan fingerprint density at radius 1 is 0.600 bits per heavy atom. The molecule has 1 aliphatic carbocycles. The SMILES string of the molecule is C/C=C(/NC)c1ccccc1.C1=CC=C(c2ccc(Cc3ccccc3)cc2-c2ccccc2)C=1c1ccccc1-c1ccccc1.CCN. The van der Waals surface area contributed by atoms with Crippen LogP contribution < -0.4 is 11.1 Å². The molecule has 0 fully saturated rings. The first-order chi connectivity index (χ1) is 24.7. The summed E-state index contributed by atoms with van der Waals surface area (Å²) < 4.78 is 0. The van der Waals surface area contributed by atoms with E-state index in [-0.39, 0.29) is 0 Å². The van der Waals surface area contributed by atoms with E-state index in [2.05, 4.69) is 175 Å². The van der Waals surface area contributed by atoms with Gasteiger partial charge in [0.15, 0.2) is 0 Å². The van der Waals surface area contributed by atoms with Crippen LogP contribution in [0.2, 0.25) is 0 Å². The molecule has 0 aliphatic heterocycles. The van der Waals surface area contributed by atoms with Crippen LogP contribution in [-0.2, 0) is 6.42 Å². The average Bonchev–Trinajstić information content (AvgIpc) is 3.67. The Morgan fingerprint density at radius 2 is 1.12 bits per heavy atom. The predicted octanol–water partition coefficient (Wildman–Crippen LogP) is 11.5. The van der Waals surface area contributed by atoms with Gasteiger partial charge in [0.2, 0.25) is 0 Å². The van der Waals surface area contributed by atoms with Crippen molar-refractivity contribution in [1.29, 1.82) is 0 Å². The fraction of sp³-hybridized carbons (Fsp3) is 0.104. The van der Waals surface area contributed by atoms with Gasteiger partial charge < -0.3 is 11.1 Å². The number of nitrogens with two attached hydrogens (primary N) is 1. The zero-order valence-corrected chi connectivity index (χ0v) is 29.3. The molecule has 0 unspecified atom stereocenters. The number of rotatable bonds is 8. The van der Waals surface area contributed by atoms with Crippen LogP contribution in [0.5, 0.6) is 0 Å². The van der Waals surface area contributed by atoms with Gasteiger partial charge in [-0.2, -0.15) is 0 Å². The van der Waals surface area contributed by atoms with Crippen molar-refractivity contribution in [3.05, 3.63) is 216 Å². The van der Waals surface area contributed by atoms with Gasteiger partial charge >= 0.3 is 0 Å². The minimum absolute atomic E-state index is 0.750. The molecular formula is C48H46N2. The Balaban J connectivity index is 0.000000293. The normalized spacial score (nSPS) is 11.7. The highest BCUT2D eigenvalue weighted by Crippen LogP contribution is 2.42. The molecule has 0 radical (unpaired) electrons. The molecule has 0 saturated carbocycles. The van der Waals surface area contributed by atoms with Crippen molar-refractivity contribution in [3.8, 4) is 22.3 Å². The molecule has 6 aromatic carbocycles. The van der Waals surface area contributed by atoms with E-state index < -0.39 is 0 Å². The van der Waals surface area contributed by atoms with E-state index in [1.807, 2.05) is 39.1 Å². The summed E-state index contributed by atoms with van der Waals surface area (Å²) >= 11 is 0. The molecule has 0 saturated heterocycles. The monoisotopic (exact) mass is 650 g/mol. The van der Waals surface area contributed by atoms with Gasteiger partial charge in [-0.15, -0.1) is 5.73 Å². The molecule has 0 amide bonds. The van der Waals surface area contributed by atoms with E-state index in [0.717, 1.165) is 18.5 Å². The topological polar surface area (TPSA) is 38.0 Å². The fourth-order valence-electron chi connectivity index (χ4n) is 6.08. The Morgan fingerprint density at radius 3 is 1.70 bits per heavy atom. The maximum atomic E-state index is 4.85. The third-order valence-electron chi connectivity index (χ3n) is 8.38. The Bertz CT molecular complexity index is 2070. The van der Waals surface area contributed by atoms with Crippen molar-refractivity contribution in [2.24, 2.45) is 5.73 Å². The maximum Gasteiger partial charge on any atom is 0.0367 e. The molecule has 2 heteroatoms. The summed E-state index contributed by atoms with van der Waals surface area (Å²) in [6, 6.07) is 57.9. The smallest absolute Gasteiger partial charge is 0.0367 e. The number of benzene rings is 6. The second-order valence-electron chi connectivity index (χ2n) is 11.8. The third-order valence-corrected chi connectivity index (χ3v) is 8.38. The molecule has 3 N–H and O–H groups in total. The summed E-state index contributed by atoms with van der Waals surface area (Å²) in [5, 5.41) is 3.13. The van der Waals surface area contributed by atoms with E-state index in [0.29, 0.717) is 0 Å². The second-order valence-corrected chi connectivity index (χ2v) is 11.8. The fourth-order valence-corrected chi connectivity index (χ4v) is 6.08. The zero-order chi connectivity index (χ0) is 35.0. The summed E-state index contributed by atoms with van der Waals surface area (Å²) in [4.78, 5) is 0. The van der Waals surface area contributed by atoms with E-state index in [1.165, 1.54) is 61.3 Å². The summed E-state index contributed by atoms with van der Waals surface area (Å²) in [5.41, 5.74) is 23.2. The first kappa shape index (κ1) is 35.4. The van der Waals surface area contributed by atoms with Crippen molar-refractivity contribution >= 4 is 16.8 Å². The lowest BCUT2D eigenvalue weighted by molar-refractivity contribution is 1.12. The molecule has 0 atom stereocenters. The molecule has 1 aliphatic rings. The van der Waals surface area contributed by atoms with Gasteiger partial charge in [0.05, 0.1) is 0 Å². The number of nitrogens with one attached hydrogen (secondary N) is 1. The van der Waals surface area contributed by atoms with Gasteiger partial charge in [-0.3, -0.25) is 0 Å². The molecule has 0 heterocycles. The standard InChI is InChI=1S/C36H26.C10H13N.C2H7N/c1-4-13-27(14-5-1)25-28-23-24-35(36(26-28)30-17-8-3-9-18-30)34-22-12-21-33(34)32-20-11-10-19-31(32)29-15-6-2-7-16-29;1-3-10(11-2)9-7-5-4-6-8-9;1-2-3/h1-20,22-24,26H,25H2;3-8,11H,1-2H3;2-3H2,1H3/b;10-3+;. The molecule has 0 aromatic heterocycles. The highest BCUT2D eigenvalue weighted by molar-refractivity contribution is 6.11. The molecule has 6 aromatic rings. The lowest BCUT2D eigenvalue weighted by Gasteiger charge is -2.18. The summed E-state index contributed by atoms with van der Waals surface area (Å²) in [5.74, 6) is 0. The molecule has 7 rings (SSSR count). The largest absolute Gasteiger partial charge is 0.388 e. The van der Waals surface area contributed by atoms with E-state index in [9.17, 15) is 0 Å². The van der Waals surface area contributed by atoms with Gasteiger partial charge in [-0.05, 0) is 87.7 Å². The van der Waals surface area contributed by atoms with Crippen LogP contribution in [0, 0.1) is 0 Å². The molecule has 2 nitrogen and oxygen atoms in total. The summed E-state index contributed by atoms with van der Waals surface area (Å²) in [6.07, 6.45) is 7.24. The predicted molar refractivity (Wildman–Crippen MR) is 216 cm³/mol. The quantitative estimate of drug-likeness (QED) is 0.161. The number of allylic oxidation sites excluding steroid dienone is 4. The first-order valence-corrected chi connectivity index (χ1v) is 17.3. The maximum absolute atomic E-state index is 4.85. The van der Waals surface area contributed by atoms with Crippen LogP contribution in [-0.4, -0.2) is 13.6 Å². The van der Waals surface area contributed by atoms with Gasteiger partial charge in [-0.1, -0.05) is 177 Å². The van der Waals surface area contributed by atoms with Gasteiger partial charge in [0, 0.05) is 18.3 Å². The van der Waals surface area contributed by atoms with Gasteiger partial charge in [0.1, 0.15) is 0 Å². The lowest BCUT2D eigenvalue weighted by atomic mass is 9.85. The molecule has 0 bridgehead atoms. The van der Waals surface area contributed by atoms with Crippen LogP contribution >= 0.6 is 0 Å².